The summed E-state index contributed by atoms with van der Waals surface area (Å²) in [6.45, 7) is 3.67. The van der Waals surface area contributed by atoms with Gasteiger partial charge in [-0.2, -0.15) is 0 Å². The lowest BCUT2D eigenvalue weighted by Gasteiger charge is -2.39. The maximum absolute atomic E-state index is 11.0. The number of hydrogen-bond acceptors (Lipinski definition) is 5. The summed E-state index contributed by atoms with van der Waals surface area (Å²) in [5.41, 5.74) is 0. The van der Waals surface area contributed by atoms with Crippen LogP contribution in [-0.4, -0.2) is 51.2 Å². The average Bonchev–Trinajstić information content (AvgIpc) is 2.18. The monoisotopic (exact) mass is 218 g/mol. The molecule has 1 rings (SSSR count). The fraction of sp³-hybridized carbons (Fsp3) is 0.900. The van der Waals surface area contributed by atoms with Gasteiger partial charge in [0.05, 0.1) is 12.7 Å². The Bertz CT molecular complexity index is 218. The second-order valence-corrected chi connectivity index (χ2v) is 3.59. The number of carbonyl (C=O) groups is 1. The van der Waals surface area contributed by atoms with Gasteiger partial charge >= 0.3 is 5.97 Å². The van der Waals surface area contributed by atoms with Crippen molar-refractivity contribution in [1.82, 2.24) is 0 Å². The Kier molecular flexibility index (Phi) is 4.50. The van der Waals surface area contributed by atoms with Crippen LogP contribution in [0.4, 0.5) is 0 Å². The maximum Gasteiger partial charge on any atom is 0.303 e. The van der Waals surface area contributed by atoms with Crippen LogP contribution in [0.1, 0.15) is 13.8 Å². The third-order valence-electron chi connectivity index (χ3n) is 2.55. The van der Waals surface area contributed by atoms with E-state index in [1.54, 1.807) is 14.2 Å². The molecule has 1 fully saturated rings. The van der Waals surface area contributed by atoms with E-state index in [4.69, 9.17) is 18.9 Å². The highest BCUT2D eigenvalue weighted by Crippen LogP contribution is 2.22. The standard InChI is InChI=1S/C10H18O5/c1-6-9(13-4)10(15-7(2)11)8(12-3)5-14-6/h6,8-10H,5H2,1-4H3. The van der Waals surface area contributed by atoms with Crippen molar-refractivity contribution in [3.05, 3.63) is 0 Å². The molecule has 4 atom stereocenters. The highest BCUT2D eigenvalue weighted by atomic mass is 16.6. The summed E-state index contributed by atoms with van der Waals surface area (Å²) in [5.74, 6) is -0.335. The minimum atomic E-state index is -0.402. The van der Waals surface area contributed by atoms with Gasteiger partial charge in [0.2, 0.25) is 0 Å². The maximum atomic E-state index is 11.0. The first-order chi connectivity index (χ1) is 7.10. The van der Waals surface area contributed by atoms with Crippen molar-refractivity contribution < 1.29 is 23.7 Å². The van der Waals surface area contributed by atoms with E-state index in [0.29, 0.717) is 6.61 Å². The topological polar surface area (TPSA) is 54.0 Å². The van der Waals surface area contributed by atoms with Crippen LogP contribution in [-0.2, 0) is 23.7 Å². The van der Waals surface area contributed by atoms with Gasteiger partial charge in [-0.25, -0.2) is 0 Å². The molecule has 88 valence electrons. The van der Waals surface area contributed by atoms with Crippen LogP contribution in [0, 0.1) is 0 Å². The number of carbonyl (C=O) groups excluding carboxylic acids is 1. The third kappa shape index (κ3) is 2.90. The number of rotatable bonds is 3. The molecule has 1 saturated heterocycles. The van der Waals surface area contributed by atoms with E-state index < -0.39 is 6.10 Å². The lowest BCUT2D eigenvalue weighted by atomic mass is 10.0. The highest BCUT2D eigenvalue weighted by Gasteiger charge is 2.41. The second kappa shape index (κ2) is 5.44. The summed E-state index contributed by atoms with van der Waals surface area (Å²) in [7, 11) is 3.13. The van der Waals surface area contributed by atoms with Crippen LogP contribution in [0.25, 0.3) is 0 Å². The highest BCUT2D eigenvalue weighted by molar-refractivity contribution is 5.66. The molecule has 5 nitrogen and oxygen atoms in total. The minimum absolute atomic E-state index is 0.106. The van der Waals surface area contributed by atoms with Crippen molar-refractivity contribution in [2.75, 3.05) is 20.8 Å². The second-order valence-electron chi connectivity index (χ2n) is 3.59. The summed E-state index contributed by atoms with van der Waals surface area (Å²) in [6, 6.07) is 0. The zero-order valence-corrected chi connectivity index (χ0v) is 9.56. The first kappa shape index (κ1) is 12.4. The summed E-state index contributed by atoms with van der Waals surface area (Å²) in [5, 5.41) is 0. The molecule has 0 saturated carbocycles. The molecule has 1 heterocycles. The first-order valence-electron chi connectivity index (χ1n) is 4.94. The quantitative estimate of drug-likeness (QED) is 0.640. The van der Waals surface area contributed by atoms with Gasteiger partial charge in [-0.15, -0.1) is 0 Å². The molecule has 0 radical (unpaired) electrons. The smallest absolute Gasteiger partial charge is 0.303 e. The van der Waals surface area contributed by atoms with Gasteiger partial charge in [0.15, 0.2) is 6.10 Å². The van der Waals surface area contributed by atoms with Gasteiger partial charge in [-0.05, 0) is 6.92 Å². The van der Waals surface area contributed by atoms with E-state index in [0.717, 1.165) is 0 Å². The molecule has 0 N–H and O–H groups in total. The number of ether oxygens (including phenoxy) is 4. The molecule has 1 aliphatic rings. The van der Waals surface area contributed by atoms with Gasteiger partial charge in [0.1, 0.15) is 12.2 Å². The molecule has 4 unspecified atom stereocenters. The molecule has 1 aliphatic heterocycles. The van der Waals surface area contributed by atoms with E-state index in [-0.39, 0.29) is 24.3 Å². The Morgan fingerprint density at radius 1 is 1.27 bits per heavy atom. The average molecular weight is 218 g/mol. The number of hydrogen-bond donors (Lipinski definition) is 0. The minimum Gasteiger partial charge on any atom is -0.457 e. The molecule has 0 amide bonds. The van der Waals surface area contributed by atoms with Gasteiger partial charge in [-0.1, -0.05) is 0 Å². The van der Waals surface area contributed by atoms with Crippen molar-refractivity contribution in [1.29, 1.82) is 0 Å². The lowest BCUT2D eigenvalue weighted by molar-refractivity contribution is -0.214. The largest absolute Gasteiger partial charge is 0.457 e. The van der Waals surface area contributed by atoms with Gasteiger partial charge in [-0.3, -0.25) is 4.79 Å². The molecule has 15 heavy (non-hydrogen) atoms. The molecular weight excluding hydrogens is 200 g/mol. The van der Waals surface area contributed by atoms with Crippen LogP contribution in [0.5, 0.6) is 0 Å². The van der Waals surface area contributed by atoms with E-state index in [1.165, 1.54) is 6.92 Å². The van der Waals surface area contributed by atoms with Crippen LogP contribution in [0.3, 0.4) is 0 Å². The molecule has 0 aromatic rings. The molecule has 0 aromatic heterocycles. The van der Waals surface area contributed by atoms with E-state index in [1.807, 2.05) is 6.92 Å². The van der Waals surface area contributed by atoms with Gasteiger partial charge < -0.3 is 18.9 Å². The Morgan fingerprint density at radius 2 is 1.93 bits per heavy atom. The summed E-state index contributed by atoms with van der Waals surface area (Å²) < 4.78 is 21.1. The summed E-state index contributed by atoms with van der Waals surface area (Å²) >= 11 is 0. The Morgan fingerprint density at radius 3 is 2.40 bits per heavy atom. The predicted octanol–water partition coefficient (Wildman–Crippen LogP) is 0.367. The van der Waals surface area contributed by atoms with Crippen LogP contribution >= 0.6 is 0 Å². The predicted molar refractivity (Wildman–Crippen MR) is 52.6 cm³/mol. The zero-order valence-electron chi connectivity index (χ0n) is 9.56. The van der Waals surface area contributed by atoms with Crippen molar-refractivity contribution in [3.8, 4) is 0 Å². The Labute approximate surface area is 89.6 Å². The lowest BCUT2D eigenvalue weighted by Crippen LogP contribution is -2.55. The van der Waals surface area contributed by atoms with E-state index in [2.05, 4.69) is 0 Å². The van der Waals surface area contributed by atoms with Crippen LogP contribution in [0.15, 0.2) is 0 Å². The van der Waals surface area contributed by atoms with Gasteiger partial charge in [0.25, 0.3) is 0 Å². The van der Waals surface area contributed by atoms with E-state index >= 15 is 0 Å². The number of methoxy groups -OCH3 is 2. The van der Waals surface area contributed by atoms with Crippen LogP contribution < -0.4 is 0 Å². The third-order valence-corrected chi connectivity index (χ3v) is 2.55. The molecule has 5 heteroatoms. The van der Waals surface area contributed by atoms with Crippen molar-refractivity contribution in [3.63, 3.8) is 0 Å². The fourth-order valence-corrected chi connectivity index (χ4v) is 1.78. The molecular formula is C10H18O5. The van der Waals surface area contributed by atoms with Crippen molar-refractivity contribution in [2.24, 2.45) is 0 Å². The first-order valence-corrected chi connectivity index (χ1v) is 4.94. The SMILES string of the molecule is COC1COC(C)C(OC)C1OC(C)=O. The fourth-order valence-electron chi connectivity index (χ4n) is 1.78. The Hall–Kier alpha value is -0.650. The van der Waals surface area contributed by atoms with Gasteiger partial charge in [0, 0.05) is 21.1 Å². The van der Waals surface area contributed by atoms with Crippen molar-refractivity contribution >= 4 is 5.97 Å². The van der Waals surface area contributed by atoms with E-state index in [9.17, 15) is 4.79 Å². The molecule has 0 bridgehead atoms. The molecule has 0 aromatic carbocycles. The van der Waals surface area contributed by atoms with Crippen molar-refractivity contribution in [2.45, 2.75) is 38.3 Å². The zero-order chi connectivity index (χ0) is 11.4. The van der Waals surface area contributed by atoms with Crippen LogP contribution in [0.2, 0.25) is 0 Å². The normalized spacial score (nSPS) is 36.3. The summed E-state index contributed by atoms with van der Waals surface area (Å²) in [4.78, 5) is 11.0. The summed E-state index contributed by atoms with van der Waals surface area (Å²) in [6.07, 6.45) is -1.06. The number of esters is 1. The molecule has 0 spiro atoms. The Balaban J connectivity index is 2.73. The molecule has 0 aliphatic carbocycles.